The number of anilines is 1. The highest BCUT2D eigenvalue weighted by molar-refractivity contribution is 7.12. The monoisotopic (exact) mass is 330 g/mol. The molecule has 120 valence electrons. The number of amides is 2. The van der Waals surface area contributed by atoms with Gasteiger partial charge in [-0.2, -0.15) is 0 Å². The van der Waals surface area contributed by atoms with E-state index in [0.717, 1.165) is 23.5 Å². The molecule has 1 fully saturated rings. The number of hydrogen-bond acceptors (Lipinski definition) is 5. The molecule has 1 aliphatic heterocycles. The molecule has 0 unspecified atom stereocenters. The van der Waals surface area contributed by atoms with Gasteiger partial charge in [0.15, 0.2) is 0 Å². The van der Waals surface area contributed by atoms with E-state index in [9.17, 15) is 9.59 Å². The van der Waals surface area contributed by atoms with Crippen LogP contribution < -0.4 is 10.6 Å². The van der Waals surface area contributed by atoms with Crippen LogP contribution in [-0.4, -0.2) is 47.9 Å². The zero-order chi connectivity index (χ0) is 16.2. The van der Waals surface area contributed by atoms with E-state index in [1.165, 1.54) is 17.5 Å². The van der Waals surface area contributed by atoms with Crippen molar-refractivity contribution in [2.75, 3.05) is 31.1 Å². The molecule has 3 rings (SSSR count). The SMILES string of the molecule is NC(=O)c1cnccc1N1CCCN(C(=O)c2cccs2)CC1. The zero-order valence-electron chi connectivity index (χ0n) is 12.6. The van der Waals surface area contributed by atoms with Crippen molar-refractivity contribution in [2.45, 2.75) is 6.42 Å². The topological polar surface area (TPSA) is 79.5 Å². The highest BCUT2D eigenvalue weighted by atomic mass is 32.1. The second-order valence-corrected chi connectivity index (χ2v) is 6.31. The smallest absolute Gasteiger partial charge is 0.263 e. The molecule has 0 saturated carbocycles. The largest absolute Gasteiger partial charge is 0.369 e. The lowest BCUT2D eigenvalue weighted by Gasteiger charge is -2.24. The molecule has 0 spiro atoms. The number of primary amides is 1. The molecular weight excluding hydrogens is 312 g/mol. The van der Waals surface area contributed by atoms with Crippen molar-refractivity contribution in [3.05, 3.63) is 46.4 Å². The number of carbonyl (C=O) groups excluding carboxylic acids is 2. The Morgan fingerprint density at radius 2 is 2.04 bits per heavy atom. The van der Waals surface area contributed by atoms with Crippen LogP contribution in [0.15, 0.2) is 36.0 Å². The fourth-order valence-corrected chi connectivity index (χ4v) is 3.46. The van der Waals surface area contributed by atoms with Crippen LogP contribution in [0.3, 0.4) is 0 Å². The second-order valence-electron chi connectivity index (χ2n) is 5.37. The predicted molar refractivity (Wildman–Crippen MR) is 89.8 cm³/mol. The Hall–Kier alpha value is -2.41. The summed E-state index contributed by atoms with van der Waals surface area (Å²) in [5.74, 6) is -0.407. The fourth-order valence-electron chi connectivity index (χ4n) is 2.77. The summed E-state index contributed by atoms with van der Waals surface area (Å²) >= 11 is 1.46. The van der Waals surface area contributed by atoms with Crippen LogP contribution >= 0.6 is 11.3 Å². The molecule has 0 atom stereocenters. The molecule has 1 saturated heterocycles. The van der Waals surface area contributed by atoms with Crippen molar-refractivity contribution in [2.24, 2.45) is 5.73 Å². The number of nitrogens with zero attached hydrogens (tertiary/aromatic N) is 3. The summed E-state index contributed by atoms with van der Waals surface area (Å²) in [6, 6.07) is 5.54. The third-order valence-corrected chi connectivity index (χ3v) is 4.78. The third kappa shape index (κ3) is 3.34. The second kappa shape index (κ2) is 6.78. The minimum Gasteiger partial charge on any atom is -0.369 e. The zero-order valence-corrected chi connectivity index (χ0v) is 13.5. The number of rotatable bonds is 3. The molecule has 2 amide bonds. The minimum atomic E-state index is -0.483. The van der Waals surface area contributed by atoms with Crippen LogP contribution in [0, 0.1) is 0 Å². The van der Waals surface area contributed by atoms with Crippen molar-refractivity contribution >= 4 is 28.8 Å². The van der Waals surface area contributed by atoms with E-state index in [1.54, 1.807) is 12.3 Å². The van der Waals surface area contributed by atoms with Gasteiger partial charge in [-0.3, -0.25) is 14.6 Å². The first-order chi connectivity index (χ1) is 11.2. The first-order valence-corrected chi connectivity index (χ1v) is 8.36. The number of aromatic nitrogens is 1. The molecular formula is C16H18N4O2S. The lowest BCUT2D eigenvalue weighted by atomic mass is 10.2. The third-order valence-electron chi connectivity index (χ3n) is 3.92. The van der Waals surface area contributed by atoms with Crippen LogP contribution in [-0.2, 0) is 0 Å². The van der Waals surface area contributed by atoms with Crippen LogP contribution in [0.25, 0.3) is 0 Å². The Labute approximate surface area is 138 Å². The molecule has 7 heteroatoms. The Morgan fingerprint density at radius 1 is 1.17 bits per heavy atom. The van der Waals surface area contributed by atoms with E-state index < -0.39 is 5.91 Å². The average molecular weight is 330 g/mol. The molecule has 2 aromatic rings. The van der Waals surface area contributed by atoms with Crippen LogP contribution in [0.1, 0.15) is 26.5 Å². The molecule has 0 bridgehead atoms. The van der Waals surface area contributed by atoms with Gasteiger partial charge in [0.1, 0.15) is 0 Å². The Bertz CT molecular complexity index is 702. The van der Waals surface area contributed by atoms with Gasteiger partial charge in [-0.1, -0.05) is 6.07 Å². The van der Waals surface area contributed by atoms with Crippen LogP contribution in [0.5, 0.6) is 0 Å². The number of nitrogens with two attached hydrogens (primary N) is 1. The van der Waals surface area contributed by atoms with Gasteiger partial charge in [-0.25, -0.2) is 0 Å². The van der Waals surface area contributed by atoms with Crippen LogP contribution in [0.4, 0.5) is 5.69 Å². The van der Waals surface area contributed by atoms with Gasteiger partial charge in [0.2, 0.25) is 0 Å². The van der Waals surface area contributed by atoms with Gasteiger partial charge >= 0.3 is 0 Å². The molecule has 0 radical (unpaired) electrons. The van der Waals surface area contributed by atoms with Crippen molar-refractivity contribution in [1.29, 1.82) is 0 Å². The molecule has 2 aromatic heterocycles. The summed E-state index contributed by atoms with van der Waals surface area (Å²) in [6.07, 6.45) is 4.00. The van der Waals surface area contributed by atoms with Gasteiger partial charge in [0.25, 0.3) is 11.8 Å². The molecule has 3 heterocycles. The van der Waals surface area contributed by atoms with Gasteiger partial charge in [-0.05, 0) is 23.9 Å². The summed E-state index contributed by atoms with van der Waals surface area (Å²) in [5.41, 5.74) is 6.64. The fraction of sp³-hybridized carbons (Fsp3) is 0.312. The Kier molecular flexibility index (Phi) is 4.57. The highest BCUT2D eigenvalue weighted by Crippen LogP contribution is 2.21. The van der Waals surface area contributed by atoms with E-state index in [-0.39, 0.29) is 5.91 Å². The molecule has 2 N–H and O–H groups in total. The first kappa shape index (κ1) is 15.5. The van der Waals surface area contributed by atoms with E-state index >= 15 is 0 Å². The summed E-state index contributed by atoms with van der Waals surface area (Å²) in [7, 11) is 0. The Morgan fingerprint density at radius 3 is 2.78 bits per heavy atom. The van der Waals surface area contributed by atoms with Gasteiger partial charge in [0, 0.05) is 38.6 Å². The Balaban J connectivity index is 1.74. The van der Waals surface area contributed by atoms with Gasteiger partial charge in [-0.15, -0.1) is 11.3 Å². The quantitative estimate of drug-likeness (QED) is 0.927. The van der Waals surface area contributed by atoms with E-state index in [2.05, 4.69) is 9.88 Å². The van der Waals surface area contributed by atoms with Crippen molar-refractivity contribution in [3.8, 4) is 0 Å². The van der Waals surface area contributed by atoms with E-state index in [1.807, 2.05) is 22.4 Å². The normalized spacial score (nSPS) is 15.3. The maximum atomic E-state index is 12.5. The van der Waals surface area contributed by atoms with Crippen LogP contribution in [0.2, 0.25) is 0 Å². The number of pyridine rings is 1. The highest BCUT2D eigenvalue weighted by Gasteiger charge is 2.22. The summed E-state index contributed by atoms with van der Waals surface area (Å²) < 4.78 is 0. The van der Waals surface area contributed by atoms with E-state index in [0.29, 0.717) is 25.2 Å². The van der Waals surface area contributed by atoms with Crippen molar-refractivity contribution in [1.82, 2.24) is 9.88 Å². The molecule has 0 aromatic carbocycles. The summed E-state index contributed by atoms with van der Waals surface area (Å²) in [4.78, 5) is 32.7. The minimum absolute atomic E-state index is 0.0757. The molecule has 23 heavy (non-hydrogen) atoms. The predicted octanol–water partition coefficient (Wildman–Crippen LogP) is 1.59. The van der Waals surface area contributed by atoms with Gasteiger partial charge < -0.3 is 15.5 Å². The average Bonchev–Trinajstić information content (AvgIpc) is 2.99. The number of hydrogen-bond donors (Lipinski definition) is 1. The van der Waals surface area contributed by atoms with Crippen molar-refractivity contribution in [3.63, 3.8) is 0 Å². The standard InChI is InChI=1S/C16H18N4O2S/c17-15(21)12-11-18-5-4-13(12)19-6-2-7-20(9-8-19)16(22)14-3-1-10-23-14/h1,3-5,10-11H,2,6-9H2,(H2,17,21). The molecule has 1 aliphatic rings. The number of carbonyl (C=O) groups is 2. The molecule has 0 aliphatic carbocycles. The summed E-state index contributed by atoms with van der Waals surface area (Å²) in [6.45, 7) is 2.78. The first-order valence-electron chi connectivity index (χ1n) is 7.48. The van der Waals surface area contributed by atoms with Gasteiger partial charge in [0.05, 0.1) is 16.1 Å². The lowest BCUT2D eigenvalue weighted by molar-refractivity contribution is 0.0771. The van der Waals surface area contributed by atoms with Crippen molar-refractivity contribution < 1.29 is 9.59 Å². The van der Waals surface area contributed by atoms with E-state index in [4.69, 9.17) is 5.73 Å². The number of thiophene rings is 1. The summed E-state index contributed by atoms with van der Waals surface area (Å²) in [5, 5.41) is 1.91. The lowest BCUT2D eigenvalue weighted by Crippen LogP contribution is -2.35. The molecule has 6 nitrogen and oxygen atoms in total. The maximum Gasteiger partial charge on any atom is 0.263 e. The maximum absolute atomic E-state index is 12.5.